The van der Waals surface area contributed by atoms with Gasteiger partial charge in [0.15, 0.2) is 0 Å². The van der Waals surface area contributed by atoms with Gasteiger partial charge >= 0.3 is 0 Å². The number of aryl methyl sites for hydroxylation is 2. The van der Waals surface area contributed by atoms with E-state index in [0.29, 0.717) is 23.9 Å². The minimum Gasteiger partial charge on any atom is -0.207 e. The van der Waals surface area contributed by atoms with Crippen LogP contribution < -0.4 is 0 Å². The molecule has 2 aromatic rings. The third-order valence-electron chi connectivity index (χ3n) is 4.42. The van der Waals surface area contributed by atoms with Crippen LogP contribution in [0.4, 0.5) is 0 Å². The molecule has 2 heterocycles. The summed E-state index contributed by atoms with van der Waals surface area (Å²) in [4.78, 5) is 0.451. The van der Waals surface area contributed by atoms with Crippen molar-refractivity contribution in [1.82, 2.24) is 4.31 Å². The first-order chi connectivity index (χ1) is 10.5. The smallest absolute Gasteiger partial charge is 0.207 e. The van der Waals surface area contributed by atoms with Crippen LogP contribution in [-0.2, 0) is 10.0 Å². The Morgan fingerprint density at radius 3 is 2.45 bits per heavy atom. The van der Waals surface area contributed by atoms with Gasteiger partial charge in [-0.3, -0.25) is 0 Å². The summed E-state index contributed by atoms with van der Waals surface area (Å²) in [7, 11) is -3.37. The molecule has 0 N–H and O–H groups in total. The minimum atomic E-state index is -3.37. The van der Waals surface area contributed by atoms with Gasteiger partial charge in [0.25, 0.3) is 0 Å². The molecule has 0 unspecified atom stereocenters. The van der Waals surface area contributed by atoms with E-state index in [-0.39, 0.29) is 0 Å². The third kappa shape index (κ3) is 2.98. The second-order valence-corrected chi connectivity index (χ2v) is 8.69. The molecule has 22 heavy (non-hydrogen) atoms. The third-order valence-corrected chi connectivity index (χ3v) is 7.18. The molecule has 1 aromatic carbocycles. The van der Waals surface area contributed by atoms with Crippen LogP contribution in [-0.4, -0.2) is 25.8 Å². The van der Waals surface area contributed by atoms with Crippen molar-refractivity contribution in [2.75, 3.05) is 13.1 Å². The van der Waals surface area contributed by atoms with E-state index in [9.17, 15) is 8.42 Å². The second kappa shape index (κ2) is 6.14. The number of benzene rings is 1. The Morgan fingerprint density at radius 1 is 1.14 bits per heavy atom. The van der Waals surface area contributed by atoms with Gasteiger partial charge in [0.05, 0.1) is 4.90 Å². The van der Waals surface area contributed by atoms with Crippen molar-refractivity contribution in [2.45, 2.75) is 37.5 Å². The monoisotopic (exact) mass is 335 g/mol. The fourth-order valence-corrected chi connectivity index (χ4v) is 5.58. The van der Waals surface area contributed by atoms with Gasteiger partial charge in [0.2, 0.25) is 10.0 Å². The normalized spacial score (nSPS) is 17.7. The predicted molar refractivity (Wildman–Crippen MR) is 91.0 cm³/mol. The minimum absolute atomic E-state index is 0.451. The van der Waals surface area contributed by atoms with Crippen molar-refractivity contribution in [2.24, 2.45) is 0 Å². The summed E-state index contributed by atoms with van der Waals surface area (Å²) >= 11 is 1.71. The van der Waals surface area contributed by atoms with Crippen molar-refractivity contribution in [3.63, 3.8) is 0 Å². The zero-order valence-corrected chi connectivity index (χ0v) is 14.6. The zero-order chi connectivity index (χ0) is 15.7. The summed E-state index contributed by atoms with van der Waals surface area (Å²) in [6.45, 7) is 5.07. The molecule has 0 aliphatic carbocycles. The van der Waals surface area contributed by atoms with E-state index < -0.39 is 10.0 Å². The van der Waals surface area contributed by atoms with Gasteiger partial charge in [0, 0.05) is 13.1 Å². The first kappa shape index (κ1) is 15.7. The first-order valence-electron chi connectivity index (χ1n) is 7.58. The SMILES string of the molecule is Cc1ccc(S(=O)(=O)N2CCC(c3ccsc3)CC2)c(C)c1. The molecule has 118 valence electrons. The van der Waals surface area contributed by atoms with Crippen molar-refractivity contribution >= 4 is 21.4 Å². The lowest BCUT2D eigenvalue weighted by molar-refractivity contribution is 0.319. The van der Waals surface area contributed by atoms with E-state index in [0.717, 1.165) is 24.0 Å². The highest BCUT2D eigenvalue weighted by Gasteiger charge is 2.30. The lowest BCUT2D eigenvalue weighted by Gasteiger charge is -2.31. The highest BCUT2D eigenvalue weighted by molar-refractivity contribution is 7.89. The van der Waals surface area contributed by atoms with E-state index in [2.05, 4.69) is 16.8 Å². The van der Waals surface area contributed by atoms with Crippen molar-refractivity contribution in [3.8, 4) is 0 Å². The Balaban J connectivity index is 1.77. The van der Waals surface area contributed by atoms with Crippen molar-refractivity contribution in [1.29, 1.82) is 0 Å². The number of sulfonamides is 1. The fourth-order valence-electron chi connectivity index (χ4n) is 3.16. The van der Waals surface area contributed by atoms with E-state index in [4.69, 9.17) is 0 Å². The zero-order valence-electron chi connectivity index (χ0n) is 13.0. The van der Waals surface area contributed by atoms with Gasteiger partial charge in [-0.1, -0.05) is 17.7 Å². The molecule has 0 radical (unpaired) electrons. The summed E-state index contributed by atoms with van der Waals surface area (Å²) in [5.41, 5.74) is 3.28. The van der Waals surface area contributed by atoms with Crippen molar-refractivity contribution in [3.05, 3.63) is 51.7 Å². The first-order valence-corrected chi connectivity index (χ1v) is 9.96. The van der Waals surface area contributed by atoms with Crippen LogP contribution in [0.3, 0.4) is 0 Å². The Bertz CT molecular complexity index is 743. The number of hydrogen-bond acceptors (Lipinski definition) is 3. The van der Waals surface area contributed by atoms with Crippen LogP contribution in [0.5, 0.6) is 0 Å². The van der Waals surface area contributed by atoms with Crippen LogP contribution in [0.1, 0.15) is 35.4 Å². The van der Waals surface area contributed by atoms with Gasteiger partial charge in [-0.25, -0.2) is 8.42 Å². The highest BCUT2D eigenvalue weighted by atomic mass is 32.2. The Morgan fingerprint density at radius 2 is 1.86 bits per heavy atom. The molecule has 1 aliphatic rings. The van der Waals surface area contributed by atoms with E-state index in [1.807, 2.05) is 26.0 Å². The number of rotatable bonds is 3. The molecule has 0 bridgehead atoms. The molecule has 1 aliphatic heterocycles. The maximum atomic E-state index is 12.8. The van der Waals surface area contributed by atoms with Gasteiger partial charge in [-0.15, -0.1) is 0 Å². The quantitative estimate of drug-likeness (QED) is 0.852. The summed E-state index contributed by atoms with van der Waals surface area (Å²) in [5, 5.41) is 4.27. The van der Waals surface area contributed by atoms with Crippen LogP contribution in [0.15, 0.2) is 39.9 Å². The van der Waals surface area contributed by atoms with Crippen LogP contribution in [0, 0.1) is 13.8 Å². The molecule has 1 fully saturated rings. The maximum absolute atomic E-state index is 12.8. The molecule has 1 aromatic heterocycles. The Labute approximate surface area is 136 Å². The average molecular weight is 335 g/mol. The van der Waals surface area contributed by atoms with Gasteiger partial charge in [-0.05, 0) is 66.6 Å². The molecule has 0 saturated carbocycles. The number of nitrogens with zero attached hydrogens (tertiary/aromatic N) is 1. The predicted octanol–water partition coefficient (Wildman–Crippen LogP) is 3.93. The van der Waals surface area contributed by atoms with E-state index in [1.54, 1.807) is 21.7 Å². The summed E-state index contributed by atoms with van der Waals surface area (Å²) < 4.78 is 27.3. The number of thiophene rings is 1. The van der Waals surface area contributed by atoms with Crippen LogP contribution in [0.2, 0.25) is 0 Å². The Kier molecular flexibility index (Phi) is 4.39. The Hall–Kier alpha value is -1.17. The van der Waals surface area contributed by atoms with E-state index in [1.165, 1.54) is 5.56 Å². The molecule has 3 rings (SSSR count). The van der Waals surface area contributed by atoms with Gasteiger partial charge < -0.3 is 0 Å². The molecule has 3 nitrogen and oxygen atoms in total. The summed E-state index contributed by atoms with van der Waals surface area (Å²) in [6.07, 6.45) is 1.81. The highest BCUT2D eigenvalue weighted by Crippen LogP contribution is 2.32. The fraction of sp³-hybridized carbons (Fsp3) is 0.412. The van der Waals surface area contributed by atoms with Crippen LogP contribution in [0.25, 0.3) is 0 Å². The van der Waals surface area contributed by atoms with E-state index >= 15 is 0 Å². The summed E-state index contributed by atoms with van der Waals surface area (Å²) in [5.74, 6) is 0.497. The lowest BCUT2D eigenvalue weighted by Crippen LogP contribution is -2.38. The molecule has 0 spiro atoms. The van der Waals surface area contributed by atoms with Crippen molar-refractivity contribution < 1.29 is 8.42 Å². The standard InChI is InChI=1S/C17H21NO2S2/c1-13-3-4-17(14(2)11-13)22(19,20)18-8-5-15(6-9-18)16-7-10-21-12-16/h3-4,7,10-12,15H,5-6,8-9H2,1-2H3. The number of hydrogen-bond donors (Lipinski definition) is 0. The lowest BCUT2D eigenvalue weighted by atomic mass is 9.92. The van der Waals surface area contributed by atoms with Gasteiger partial charge in [0.1, 0.15) is 0 Å². The topological polar surface area (TPSA) is 37.4 Å². The second-order valence-electron chi connectivity index (χ2n) is 6.00. The largest absolute Gasteiger partial charge is 0.243 e. The molecule has 5 heteroatoms. The maximum Gasteiger partial charge on any atom is 0.243 e. The number of piperidine rings is 1. The average Bonchev–Trinajstić information content (AvgIpc) is 3.01. The van der Waals surface area contributed by atoms with Crippen LogP contribution >= 0.6 is 11.3 Å². The molecular formula is C17H21NO2S2. The summed E-state index contributed by atoms with van der Waals surface area (Å²) in [6, 6.07) is 7.71. The molecule has 1 saturated heterocycles. The molecule has 0 amide bonds. The molecular weight excluding hydrogens is 314 g/mol. The van der Waals surface area contributed by atoms with Gasteiger partial charge in [-0.2, -0.15) is 15.6 Å². The molecule has 0 atom stereocenters.